The van der Waals surface area contributed by atoms with Gasteiger partial charge < -0.3 is 10.6 Å². The van der Waals surface area contributed by atoms with E-state index in [2.05, 4.69) is 35.2 Å². The lowest BCUT2D eigenvalue weighted by molar-refractivity contribution is -0.136. The predicted octanol–water partition coefficient (Wildman–Crippen LogP) is 2.51. The van der Waals surface area contributed by atoms with Crippen molar-refractivity contribution in [1.82, 2.24) is 9.80 Å². The molecule has 3 fully saturated rings. The van der Waals surface area contributed by atoms with E-state index in [-0.39, 0.29) is 18.7 Å². The van der Waals surface area contributed by atoms with E-state index in [0.29, 0.717) is 11.3 Å². The smallest absolute Gasteiger partial charge is 0.223 e. The molecule has 2 amide bonds. The Balaban J connectivity index is 1.42. The van der Waals surface area contributed by atoms with Crippen LogP contribution >= 0.6 is 0 Å². The van der Waals surface area contributed by atoms with Gasteiger partial charge in [0.2, 0.25) is 11.8 Å². The van der Waals surface area contributed by atoms with Crippen LogP contribution in [0.3, 0.4) is 0 Å². The van der Waals surface area contributed by atoms with E-state index in [9.17, 15) is 9.59 Å². The highest BCUT2D eigenvalue weighted by Crippen LogP contribution is 2.47. The Kier molecular flexibility index (Phi) is 5.22. The Hall–Kier alpha value is -1.88. The van der Waals surface area contributed by atoms with Crippen LogP contribution in [0.2, 0.25) is 0 Å². The lowest BCUT2D eigenvalue weighted by Crippen LogP contribution is -2.53. The van der Waals surface area contributed by atoms with Gasteiger partial charge in [0.15, 0.2) is 0 Å². The van der Waals surface area contributed by atoms with Crippen molar-refractivity contribution in [3.63, 3.8) is 0 Å². The molecule has 1 aliphatic carbocycles. The van der Waals surface area contributed by atoms with Crippen LogP contribution in [0.25, 0.3) is 0 Å². The second kappa shape index (κ2) is 7.63. The lowest BCUT2D eigenvalue weighted by Gasteiger charge is -2.50. The van der Waals surface area contributed by atoms with Gasteiger partial charge in [-0.15, -0.1) is 0 Å². The van der Waals surface area contributed by atoms with Gasteiger partial charge in [-0.1, -0.05) is 30.3 Å². The fraction of sp³-hybridized carbons (Fsp3) is 0.636. The number of piperidine rings is 2. The monoisotopic (exact) mass is 369 g/mol. The Bertz CT molecular complexity index is 678. The van der Waals surface area contributed by atoms with Gasteiger partial charge in [0.05, 0.1) is 0 Å². The molecule has 2 N–H and O–H groups in total. The number of hydrogen-bond donors (Lipinski definition) is 1. The molecular formula is C22H31N3O2. The van der Waals surface area contributed by atoms with E-state index in [0.717, 1.165) is 32.0 Å². The standard InChI is InChI=1S/C22H31N3O2/c23-20(26)8-9-21(27)24-12-10-22(11-13-24)14-18(17-4-2-1-3-5-17)15-25(16-22)19-6-7-19/h1-5,18-19H,6-16H2,(H2,23,26)/t18-/m1/s1. The van der Waals surface area contributed by atoms with Gasteiger partial charge in [-0.05, 0) is 49.0 Å². The summed E-state index contributed by atoms with van der Waals surface area (Å²) in [6.45, 7) is 4.00. The molecule has 0 radical (unpaired) electrons. The normalized spacial score (nSPS) is 25.5. The van der Waals surface area contributed by atoms with E-state index in [1.54, 1.807) is 0 Å². The first-order valence-electron chi connectivity index (χ1n) is 10.4. The zero-order valence-electron chi connectivity index (χ0n) is 16.1. The van der Waals surface area contributed by atoms with Gasteiger partial charge in [-0.2, -0.15) is 0 Å². The third-order valence-corrected chi connectivity index (χ3v) is 6.77. The molecular weight excluding hydrogens is 338 g/mol. The molecule has 2 aliphatic heterocycles. The summed E-state index contributed by atoms with van der Waals surface area (Å²) < 4.78 is 0. The fourth-order valence-corrected chi connectivity index (χ4v) is 5.08. The highest BCUT2D eigenvalue weighted by atomic mass is 16.2. The largest absolute Gasteiger partial charge is 0.370 e. The number of nitrogens with zero attached hydrogens (tertiary/aromatic N) is 2. The van der Waals surface area contributed by atoms with E-state index >= 15 is 0 Å². The van der Waals surface area contributed by atoms with Gasteiger partial charge in [0.25, 0.3) is 0 Å². The highest BCUT2D eigenvalue weighted by molar-refractivity contribution is 5.82. The number of likely N-dealkylation sites (tertiary alicyclic amines) is 2. The summed E-state index contributed by atoms with van der Waals surface area (Å²) in [5, 5.41) is 0. The van der Waals surface area contributed by atoms with Crippen molar-refractivity contribution in [3.05, 3.63) is 35.9 Å². The van der Waals surface area contributed by atoms with Crippen LogP contribution in [0, 0.1) is 5.41 Å². The molecule has 1 atom stereocenters. The van der Waals surface area contributed by atoms with Crippen molar-refractivity contribution < 1.29 is 9.59 Å². The topological polar surface area (TPSA) is 66.6 Å². The number of carbonyl (C=O) groups is 2. The molecule has 2 heterocycles. The minimum Gasteiger partial charge on any atom is -0.370 e. The van der Waals surface area contributed by atoms with Crippen molar-refractivity contribution >= 4 is 11.8 Å². The molecule has 2 saturated heterocycles. The number of hydrogen-bond acceptors (Lipinski definition) is 3. The summed E-state index contributed by atoms with van der Waals surface area (Å²) in [4.78, 5) is 28.0. The molecule has 0 bridgehead atoms. The number of primary amides is 1. The number of carbonyl (C=O) groups excluding carboxylic acids is 2. The quantitative estimate of drug-likeness (QED) is 0.867. The average Bonchev–Trinajstić information content (AvgIpc) is 3.52. The van der Waals surface area contributed by atoms with Gasteiger partial charge >= 0.3 is 0 Å². The fourth-order valence-electron chi connectivity index (χ4n) is 5.08. The maximum atomic E-state index is 12.3. The second-order valence-electron chi connectivity index (χ2n) is 8.82. The summed E-state index contributed by atoms with van der Waals surface area (Å²) in [6.07, 6.45) is 6.47. The maximum Gasteiger partial charge on any atom is 0.223 e. The number of nitrogens with two attached hydrogens (primary N) is 1. The number of amides is 2. The predicted molar refractivity (Wildman–Crippen MR) is 105 cm³/mol. The summed E-state index contributed by atoms with van der Waals surface area (Å²) in [5.74, 6) is 0.283. The average molecular weight is 370 g/mol. The summed E-state index contributed by atoms with van der Waals surface area (Å²) in [5.41, 5.74) is 6.97. The van der Waals surface area contributed by atoms with E-state index in [1.807, 2.05) is 4.90 Å². The molecule has 0 unspecified atom stereocenters. The van der Waals surface area contributed by atoms with Gasteiger partial charge in [0.1, 0.15) is 0 Å². The minimum atomic E-state index is -0.394. The first-order chi connectivity index (χ1) is 13.0. The third kappa shape index (κ3) is 4.34. The Morgan fingerprint density at radius 2 is 1.78 bits per heavy atom. The minimum absolute atomic E-state index is 0.0816. The van der Waals surface area contributed by atoms with Crippen LogP contribution in [0.15, 0.2) is 30.3 Å². The van der Waals surface area contributed by atoms with Gasteiger partial charge in [-0.25, -0.2) is 0 Å². The first kappa shape index (κ1) is 18.5. The second-order valence-corrected chi connectivity index (χ2v) is 8.82. The Morgan fingerprint density at radius 1 is 1.07 bits per heavy atom. The first-order valence-corrected chi connectivity index (χ1v) is 10.4. The molecule has 1 spiro atoms. The van der Waals surface area contributed by atoms with Crippen LogP contribution in [0.1, 0.15) is 56.4 Å². The molecule has 1 aromatic rings. The molecule has 5 heteroatoms. The van der Waals surface area contributed by atoms with Crippen LogP contribution in [-0.2, 0) is 9.59 Å². The Morgan fingerprint density at radius 3 is 2.41 bits per heavy atom. The molecule has 27 heavy (non-hydrogen) atoms. The van der Waals surface area contributed by atoms with Crippen molar-refractivity contribution in [2.45, 2.75) is 56.9 Å². The van der Waals surface area contributed by atoms with Crippen molar-refractivity contribution in [3.8, 4) is 0 Å². The summed E-state index contributed by atoms with van der Waals surface area (Å²) in [7, 11) is 0. The van der Waals surface area contributed by atoms with E-state index in [4.69, 9.17) is 5.73 Å². The summed E-state index contributed by atoms with van der Waals surface area (Å²) in [6, 6.07) is 11.7. The van der Waals surface area contributed by atoms with E-state index in [1.165, 1.54) is 37.9 Å². The third-order valence-electron chi connectivity index (χ3n) is 6.77. The van der Waals surface area contributed by atoms with Gasteiger partial charge in [-0.3, -0.25) is 14.5 Å². The maximum absolute atomic E-state index is 12.3. The molecule has 0 aromatic heterocycles. The lowest BCUT2D eigenvalue weighted by atomic mass is 9.68. The molecule has 146 valence electrons. The molecule has 4 rings (SSSR count). The Labute approximate surface area is 161 Å². The van der Waals surface area contributed by atoms with Crippen LogP contribution in [0.4, 0.5) is 0 Å². The molecule has 5 nitrogen and oxygen atoms in total. The zero-order valence-corrected chi connectivity index (χ0v) is 16.1. The van der Waals surface area contributed by atoms with Crippen molar-refractivity contribution in [1.29, 1.82) is 0 Å². The number of rotatable bonds is 5. The van der Waals surface area contributed by atoms with Crippen molar-refractivity contribution in [2.24, 2.45) is 11.1 Å². The van der Waals surface area contributed by atoms with Crippen LogP contribution < -0.4 is 5.73 Å². The van der Waals surface area contributed by atoms with E-state index < -0.39 is 5.91 Å². The molecule has 1 saturated carbocycles. The van der Waals surface area contributed by atoms with Gasteiger partial charge in [0, 0.05) is 45.1 Å². The van der Waals surface area contributed by atoms with Crippen LogP contribution in [-0.4, -0.2) is 53.8 Å². The highest BCUT2D eigenvalue weighted by Gasteiger charge is 2.45. The van der Waals surface area contributed by atoms with Crippen molar-refractivity contribution in [2.75, 3.05) is 26.2 Å². The van der Waals surface area contributed by atoms with Crippen LogP contribution in [0.5, 0.6) is 0 Å². The molecule has 1 aromatic carbocycles. The zero-order chi connectivity index (χ0) is 18.9. The number of benzene rings is 1. The SMILES string of the molecule is NC(=O)CCC(=O)N1CCC2(CC1)C[C@@H](c1ccccc1)CN(C1CC1)C2. The molecule has 3 aliphatic rings. The summed E-state index contributed by atoms with van der Waals surface area (Å²) >= 11 is 0.